The highest BCUT2D eigenvalue weighted by molar-refractivity contribution is 5.67. The Kier molecular flexibility index (Phi) is 3.84. The number of aryl methyl sites for hydroxylation is 2. The Labute approximate surface area is 152 Å². The lowest BCUT2D eigenvalue weighted by Gasteiger charge is -2.21. The number of aromatic nitrogens is 3. The Morgan fingerprint density at radius 2 is 1.73 bits per heavy atom. The molecular weight excluding hydrogens is 324 g/mol. The highest BCUT2D eigenvalue weighted by Gasteiger charge is 2.12. The predicted molar refractivity (Wildman–Crippen MR) is 104 cm³/mol. The van der Waals surface area contributed by atoms with Crippen LogP contribution in [0.5, 0.6) is 5.75 Å². The Bertz CT molecular complexity index is 1080. The molecule has 4 aromatic rings. The first-order valence-corrected chi connectivity index (χ1v) is 8.48. The summed E-state index contributed by atoms with van der Waals surface area (Å²) >= 11 is 0. The molecule has 0 atom stereocenters. The highest BCUT2D eigenvalue weighted by atomic mass is 16.3. The molecule has 0 saturated carbocycles. The summed E-state index contributed by atoms with van der Waals surface area (Å²) in [5.41, 5.74) is 6.19. The number of hydrogen-bond acceptors (Lipinski definition) is 4. The van der Waals surface area contributed by atoms with Crippen molar-refractivity contribution in [1.29, 1.82) is 0 Å². The van der Waals surface area contributed by atoms with Crippen molar-refractivity contribution in [2.75, 3.05) is 11.9 Å². The number of hydrogen-bond donors (Lipinski definition) is 1. The molecule has 5 nitrogen and oxygen atoms in total. The SMILES string of the molecule is Cc1ccc(N(C)c2ccc3ncc(-c4ccc(O)cc4)n3n2)c(C)c1. The quantitative estimate of drug-likeness (QED) is 0.595. The fraction of sp³-hybridized carbons (Fsp3) is 0.143. The predicted octanol–water partition coefficient (Wildman–Crippen LogP) is 4.49. The molecule has 1 N–H and O–H groups in total. The summed E-state index contributed by atoms with van der Waals surface area (Å²) in [5, 5.41) is 14.3. The van der Waals surface area contributed by atoms with Gasteiger partial charge in [-0.3, -0.25) is 0 Å². The van der Waals surface area contributed by atoms with Gasteiger partial charge in [-0.15, -0.1) is 5.10 Å². The Morgan fingerprint density at radius 3 is 2.46 bits per heavy atom. The smallest absolute Gasteiger partial charge is 0.154 e. The van der Waals surface area contributed by atoms with Gasteiger partial charge in [0.25, 0.3) is 0 Å². The molecule has 4 rings (SSSR count). The number of fused-ring (bicyclic) bond motifs is 1. The molecule has 130 valence electrons. The maximum Gasteiger partial charge on any atom is 0.154 e. The van der Waals surface area contributed by atoms with Crippen LogP contribution in [0.25, 0.3) is 16.9 Å². The molecule has 0 spiro atoms. The van der Waals surface area contributed by atoms with Gasteiger partial charge in [-0.1, -0.05) is 17.7 Å². The van der Waals surface area contributed by atoms with E-state index in [1.165, 1.54) is 11.1 Å². The molecule has 0 aliphatic heterocycles. The van der Waals surface area contributed by atoms with Crippen LogP contribution in [0.1, 0.15) is 11.1 Å². The fourth-order valence-electron chi connectivity index (χ4n) is 3.18. The molecule has 0 fully saturated rings. The highest BCUT2D eigenvalue weighted by Crippen LogP contribution is 2.28. The normalized spacial score (nSPS) is 11.0. The zero-order chi connectivity index (χ0) is 18.3. The van der Waals surface area contributed by atoms with Gasteiger partial charge in [0.1, 0.15) is 5.75 Å². The van der Waals surface area contributed by atoms with Crippen LogP contribution in [-0.2, 0) is 0 Å². The molecule has 5 heteroatoms. The zero-order valence-electron chi connectivity index (χ0n) is 15.0. The number of rotatable bonds is 3. The van der Waals surface area contributed by atoms with Crippen LogP contribution >= 0.6 is 0 Å². The number of imidazole rings is 1. The molecular formula is C21H20N4O. The number of phenolic OH excluding ortho intramolecular Hbond substituents is 1. The van der Waals surface area contributed by atoms with Crippen LogP contribution < -0.4 is 4.90 Å². The summed E-state index contributed by atoms with van der Waals surface area (Å²) in [4.78, 5) is 6.52. The van der Waals surface area contributed by atoms with E-state index in [0.717, 1.165) is 28.4 Å². The lowest BCUT2D eigenvalue weighted by molar-refractivity contribution is 0.475. The van der Waals surface area contributed by atoms with Crippen LogP contribution in [0.3, 0.4) is 0 Å². The third-order valence-electron chi connectivity index (χ3n) is 4.57. The Morgan fingerprint density at radius 1 is 0.962 bits per heavy atom. The van der Waals surface area contributed by atoms with Gasteiger partial charge in [0.05, 0.1) is 11.9 Å². The third-order valence-corrected chi connectivity index (χ3v) is 4.57. The summed E-state index contributed by atoms with van der Waals surface area (Å²) in [5.74, 6) is 1.08. The van der Waals surface area contributed by atoms with Crippen molar-refractivity contribution in [3.05, 3.63) is 71.9 Å². The lowest BCUT2D eigenvalue weighted by atomic mass is 10.1. The van der Waals surface area contributed by atoms with Crippen molar-refractivity contribution >= 4 is 17.2 Å². The zero-order valence-corrected chi connectivity index (χ0v) is 15.0. The van der Waals surface area contributed by atoms with Gasteiger partial charge in [0, 0.05) is 18.3 Å². The molecule has 2 aromatic heterocycles. The standard InChI is InChI=1S/C21H20N4O/c1-14-4-9-18(15(2)12-14)24(3)21-11-10-20-22-13-19(25(20)23-21)16-5-7-17(26)8-6-16/h4-13,26H,1-3H3. The lowest BCUT2D eigenvalue weighted by Crippen LogP contribution is -2.14. The summed E-state index contributed by atoms with van der Waals surface area (Å²) in [6.07, 6.45) is 1.80. The minimum absolute atomic E-state index is 0.241. The molecule has 2 aromatic carbocycles. The Hall–Kier alpha value is -3.34. The molecule has 0 radical (unpaired) electrons. The molecule has 26 heavy (non-hydrogen) atoms. The summed E-state index contributed by atoms with van der Waals surface area (Å²) < 4.78 is 1.84. The largest absolute Gasteiger partial charge is 0.508 e. The van der Waals surface area contributed by atoms with Crippen molar-refractivity contribution in [3.63, 3.8) is 0 Å². The second-order valence-electron chi connectivity index (χ2n) is 6.50. The molecule has 0 amide bonds. The number of aromatic hydroxyl groups is 1. The van der Waals surface area contributed by atoms with E-state index >= 15 is 0 Å². The van der Waals surface area contributed by atoms with Crippen LogP contribution in [0, 0.1) is 13.8 Å². The number of phenols is 1. The number of benzene rings is 2. The van der Waals surface area contributed by atoms with Crippen LogP contribution in [0.15, 0.2) is 60.8 Å². The number of nitrogens with zero attached hydrogens (tertiary/aromatic N) is 4. The molecule has 0 bridgehead atoms. The average Bonchev–Trinajstić information content (AvgIpc) is 3.05. The van der Waals surface area contributed by atoms with E-state index in [4.69, 9.17) is 5.10 Å². The second-order valence-corrected chi connectivity index (χ2v) is 6.50. The van der Waals surface area contributed by atoms with Crippen molar-refractivity contribution in [3.8, 4) is 17.0 Å². The minimum atomic E-state index is 0.241. The monoisotopic (exact) mass is 344 g/mol. The summed E-state index contributed by atoms with van der Waals surface area (Å²) in [6, 6.07) is 17.4. The van der Waals surface area contributed by atoms with Gasteiger partial charge in [0.15, 0.2) is 11.5 Å². The van der Waals surface area contributed by atoms with E-state index in [9.17, 15) is 5.11 Å². The van der Waals surface area contributed by atoms with Gasteiger partial charge in [-0.05, 0) is 61.9 Å². The van der Waals surface area contributed by atoms with E-state index in [-0.39, 0.29) is 5.75 Å². The molecule has 0 unspecified atom stereocenters. The maximum absolute atomic E-state index is 9.51. The van der Waals surface area contributed by atoms with E-state index in [1.54, 1.807) is 18.3 Å². The van der Waals surface area contributed by atoms with Crippen molar-refractivity contribution in [2.45, 2.75) is 13.8 Å². The number of anilines is 2. The van der Waals surface area contributed by atoms with Gasteiger partial charge < -0.3 is 10.0 Å². The van der Waals surface area contributed by atoms with Crippen LogP contribution in [-0.4, -0.2) is 26.8 Å². The first-order valence-electron chi connectivity index (χ1n) is 8.48. The fourth-order valence-corrected chi connectivity index (χ4v) is 3.18. The van der Waals surface area contributed by atoms with Gasteiger partial charge in [0.2, 0.25) is 0 Å². The van der Waals surface area contributed by atoms with Gasteiger partial charge in [-0.25, -0.2) is 9.50 Å². The van der Waals surface area contributed by atoms with Crippen molar-refractivity contribution in [1.82, 2.24) is 14.6 Å². The molecule has 0 aliphatic carbocycles. The van der Waals surface area contributed by atoms with Gasteiger partial charge in [-0.2, -0.15) is 0 Å². The molecule has 0 saturated heterocycles. The molecule has 0 aliphatic rings. The first kappa shape index (κ1) is 16.1. The van der Waals surface area contributed by atoms with Crippen molar-refractivity contribution < 1.29 is 5.11 Å². The van der Waals surface area contributed by atoms with E-state index in [1.807, 2.05) is 35.8 Å². The van der Waals surface area contributed by atoms with E-state index < -0.39 is 0 Å². The molecule has 2 heterocycles. The minimum Gasteiger partial charge on any atom is -0.508 e. The van der Waals surface area contributed by atoms with Crippen LogP contribution in [0.2, 0.25) is 0 Å². The van der Waals surface area contributed by atoms with Gasteiger partial charge >= 0.3 is 0 Å². The second kappa shape index (κ2) is 6.19. The third kappa shape index (κ3) is 2.77. The summed E-state index contributed by atoms with van der Waals surface area (Å²) in [7, 11) is 2.02. The maximum atomic E-state index is 9.51. The Balaban J connectivity index is 1.79. The van der Waals surface area contributed by atoms with E-state index in [0.29, 0.717) is 0 Å². The topological polar surface area (TPSA) is 53.7 Å². The van der Waals surface area contributed by atoms with Crippen LogP contribution in [0.4, 0.5) is 11.5 Å². The van der Waals surface area contributed by atoms with Crippen molar-refractivity contribution in [2.24, 2.45) is 0 Å². The first-order chi connectivity index (χ1) is 12.5. The van der Waals surface area contributed by atoms with E-state index in [2.05, 4.69) is 41.9 Å². The average molecular weight is 344 g/mol. The summed E-state index contributed by atoms with van der Waals surface area (Å²) in [6.45, 7) is 4.20.